The summed E-state index contributed by atoms with van der Waals surface area (Å²) in [6.45, 7) is 4.42. The van der Waals surface area contributed by atoms with Gasteiger partial charge in [-0.15, -0.1) is 12.4 Å². The Morgan fingerprint density at radius 1 is 1.25 bits per heavy atom. The van der Waals surface area contributed by atoms with Crippen molar-refractivity contribution in [3.05, 3.63) is 29.8 Å². The average molecular weight is 355 g/mol. The number of rotatable bonds is 7. The van der Waals surface area contributed by atoms with Crippen molar-refractivity contribution < 1.29 is 9.59 Å². The van der Waals surface area contributed by atoms with E-state index in [9.17, 15) is 9.59 Å². The van der Waals surface area contributed by atoms with Crippen LogP contribution in [0, 0.1) is 0 Å². The Morgan fingerprint density at radius 2 is 1.92 bits per heavy atom. The minimum absolute atomic E-state index is 0. The number of urea groups is 1. The van der Waals surface area contributed by atoms with Gasteiger partial charge in [0.1, 0.15) is 0 Å². The third-order valence-electron chi connectivity index (χ3n) is 4.42. The molecule has 24 heavy (non-hydrogen) atoms. The highest BCUT2D eigenvalue weighted by atomic mass is 35.5. The van der Waals surface area contributed by atoms with E-state index in [0.717, 1.165) is 25.7 Å². The molecule has 2 rings (SSSR count). The zero-order chi connectivity index (χ0) is 16.9. The standard InChI is InChI=1S/C17H26N4O2.ClH/c1-3-17(4-2,11-18)21-15(22)12-6-5-7-14(10-12)20-16(23)19-13-8-9-13;/h5-7,10,13H,3-4,8-9,11,18H2,1-2H3,(H,21,22)(H2,19,20,23);1H. The number of carbonyl (C=O) groups excluding carboxylic acids is 2. The molecule has 7 heteroatoms. The molecule has 1 aliphatic rings. The van der Waals surface area contributed by atoms with Crippen molar-refractivity contribution >= 4 is 30.0 Å². The van der Waals surface area contributed by atoms with Crippen molar-refractivity contribution in [2.45, 2.75) is 51.1 Å². The van der Waals surface area contributed by atoms with Gasteiger partial charge in [-0.3, -0.25) is 4.79 Å². The van der Waals surface area contributed by atoms with Crippen molar-refractivity contribution in [1.29, 1.82) is 0 Å². The fraction of sp³-hybridized carbons (Fsp3) is 0.529. The summed E-state index contributed by atoms with van der Waals surface area (Å²) in [5.74, 6) is -0.176. The summed E-state index contributed by atoms with van der Waals surface area (Å²) in [5, 5.41) is 8.63. The summed E-state index contributed by atoms with van der Waals surface area (Å²) in [6.07, 6.45) is 3.61. The minimum Gasteiger partial charge on any atom is -0.345 e. The van der Waals surface area contributed by atoms with Gasteiger partial charge in [-0.1, -0.05) is 19.9 Å². The molecular formula is C17H27ClN4O2. The van der Waals surface area contributed by atoms with Crippen molar-refractivity contribution in [3.63, 3.8) is 0 Å². The topological polar surface area (TPSA) is 96.2 Å². The number of carbonyl (C=O) groups is 2. The summed E-state index contributed by atoms with van der Waals surface area (Å²) >= 11 is 0. The van der Waals surface area contributed by atoms with E-state index in [4.69, 9.17) is 5.73 Å². The van der Waals surface area contributed by atoms with Gasteiger partial charge in [0.15, 0.2) is 0 Å². The second kappa shape index (κ2) is 8.89. The Hall–Kier alpha value is -1.79. The molecule has 0 aliphatic heterocycles. The summed E-state index contributed by atoms with van der Waals surface area (Å²) in [6, 6.07) is 6.98. The molecule has 0 heterocycles. The van der Waals surface area contributed by atoms with E-state index in [1.165, 1.54) is 0 Å². The van der Waals surface area contributed by atoms with E-state index in [1.807, 2.05) is 13.8 Å². The lowest BCUT2D eigenvalue weighted by molar-refractivity contribution is 0.0895. The highest BCUT2D eigenvalue weighted by Crippen LogP contribution is 2.19. The molecule has 1 fully saturated rings. The first-order valence-corrected chi connectivity index (χ1v) is 8.22. The van der Waals surface area contributed by atoms with Crippen LogP contribution in [-0.2, 0) is 0 Å². The van der Waals surface area contributed by atoms with Crippen LogP contribution in [0.2, 0.25) is 0 Å². The number of hydrogen-bond donors (Lipinski definition) is 4. The van der Waals surface area contributed by atoms with Gasteiger partial charge in [-0.2, -0.15) is 0 Å². The van der Waals surface area contributed by atoms with Crippen LogP contribution in [0.15, 0.2) is 24.3 Å². The highest BCUT2D eigenvalue weighted by molar-refractivity contribution is 5.97. The Bertz CT molecular complexity index is 563. The van der Waals surface area contributed by atoms with E-state index in [1.54, 1.807) is 24.3 Å². The number of nitrogens with one attached hydrogen (secondary N) is 3. The molecule has 134 valence electrons. The van der Waals surface area contributed by atoms with Gasteiger partial charge in [0.2, 0.25) is 0 Å². The smallest absolute Gasteiger partial charge is 0.319 e. The van der Waals surface area contributed by atoms with Crippen LogP contribution in [0.25, 0.3) is 0 Å². The Labute approximate surface area is 149 Å². The fourth-order valence-electron chi connectivity index (χ4n) is 2.40. The van der Waals surface area contributed by atoms with Crippen LogP contribution in [0.5, 0.6) is 0 Å². The summed E-state index contributed by atoms with van der Waals surface area (Å²) in [7, 11) is 0. The number of anilines is 1. The number of amides is 3. The number of benzene rings is 1. The van der Waals surface area contributed by atoms with E-state index in [2.05, 4.69) is 16.0 Å². The van der Waals surface area contributed by atoms with Gasteiger partial charge in [0, 0.05) is 23.8 Å². The number of halogens is 1. The molecule has 3 amide bonds. The zero-order valence-corrected chi connectivity index (χ0v) is 15.0. The van der Waals surface area contributed by atoms with Crippen LogP contribution in [0.3, 0.4) is 0 Å². The lowest BCUT2D eigenvalue weighted by Crippen LogP contribution is -2.52. The molecule has 0 bridgehead atoms. The zero-order valence-electron chi connectivity index (χ0n) is 14.2. The van der Waals surface area contributed by atoms with Crippen molar-refractivity contribution in [1.82, 2.24) is 10.6 Å². The molecule has 1 aromatic carbocycles. The Balaban J connectivity index is 0.00000288. The first kappa shape index (κ1) is 20.3. The lowest BCUT2D eigenvalue weighted by Gasteiger charge is -2.31. The molecule has 5 N–H and O–H groups in total. The maximum Gasteiger partial charge on any atom is 0.319 e. The lowest BCUT2D eigenvalue weighted by atomic mass is 9.92. The van der Waals surface area contributed by atoms with E-state index in [-0.39, 0.29) is 29.9 Å². The molecule has 1 aromatic rings. The molecule has 0 spiro atoms. The van der Waals surface area contributed by atoms with Gasteiger partial charge in [0.25, 0.3) is 5.91 Å². The largest absolute Gasteiger partial charge is 0.345 e. The summed E-state index contributed by atoms with van der Waals surface area (Å²) < 4.78 is 0. The Kier molecular flexibility index (Phi) is 7.51. The molecule has 0 atom stereocenters. The molecule has 0 aromatic heterocycles. The maximum atomic E-state index is 12.5. The molecule has 0 unspecified atom stereocenters. The number of hydrogen-bond acceptors (Lipinski definition) is 3. The van der Waals surface area contributed by atoms with Crippen LogP contribution in [-0.4, -0.2) is 30.1 Å². The van der Waals surface area contributed by atoms with E-state index < -0.39 is 0 Å². The van der Waals surface area contributed by atoms with Gasteiger partial charge < -0.3 is 21.7 Å². The second-order valence-corrected chi connectivity index (χ2v) is 6.10. The first-order chi connectivity index (χ1) is 11.0. The molecule has 6 nitrogen and oxygen atoms in total. The third-order valence-corrected chi connectivity index (χ3v) is 4.42. The molecule has 0 saturated heterocycles. The van der Waals surface area contributed by atoms with Crippen molar-refractivity contribution in [2.24, 2.45) is 5.73 Å². The molecule has 0 radical (unpaired) electrons. The van der Waals surface area contributed by atoms with Crippen LogP contribution in [0.4, 0.5) is 10.5 Å². The number of nitrogens with two attached hydrogens (primary N) is 1. The van der Waals surface area contributed by atoms with Crippen LogP contribution >= 0.6 is 12.4 Å². The van der Waals surface area contributed by atoms with Crippen molar-refractivity contribution in [2.75, 3.05) is 11.9 Å². The SMILES string of the molecule is CCC(CC)(CN)NC(=O)c1cccc(NC(=O)NC2CC2)c1.Cl. The van der Waals surface area contributed by atoms with Crippen LogP contribution < -0.4 is 21.7 Å². The average Bonchev–Trinajstić information content (AvgIpc) is 3.36. The summed E-state index contributed by atoms with van der Waals surface area (Å²) in [5.41, 5.74) is 6.55. The monoisotopic (exact) mass is 354 g/mol. The predicted octanol–water partition coefficient (Wildman–Crippen LogP) is 2.64. The Morgan fingerprint density at radius 3 is 2.46 bits per heavy atom. The normalized spacial score (nSPS) is 13.6. The maximum absolute atomic E-state index is 12.5. The summed E-state index contributed by atoms with van der Waals surface area (Å²) in [4.78, 5) is 24.2. The third kappa shape index (κ3) is 5.39. The molecular weight excluding hydrogens is 328 g/mol. The minimum atomic E-state index is -0.385. The second-order valence-electron chi connectivity index (χ2n) is 6.10. The van der Waals surface area contributed by atoms with E-state index in [0.29, 0.717) is 23.8 Å². The van der Waals surface area contributed by atoms with Crippen LogP contribution in [0.1, 0.15) is 49.9 Å². The van der Waals surface area contributed by atoms with Crippen molar-refractivity contribution in [3.8, 4) is 0 Å². The first-order valence-electron chi connectivity index (χ1n) is 8.22. The quantitative estimate of drug-likeness (QED) is 0.606. The van der Waals surface area contributed by atoms with Gasteiger partial charge in [-0.25, -0.2) is 4.79 Å². The fourth-order valence-corrected chi connectivity index (χ4v) is 2.40. The highest BCUT2D eigenvalue weighted by Gasteiger charge is 2.27. The molecule has 1 aliphatic carbocycles. The van der Waals surface area contributed by atoms with Gasteiger partial charge in [-0.05, 0) is 43.9 Å². The van der Waals surface area contributed by atoms with Gasteiger partial charge >= 0.3 is 6.03 Å². The molecule has 1 saturated carbocycles. The predicted molar refractivity (Wildman–Crippen MR) is 98.7 cm³/mol. The van der Waals surface area contributed by atoms with E-state index >= 15 is 0 Å². The van der Waals surface area contributed by atoms with Gasteiger partial charge in [0.05, 0.1) is 5.54 Å².